The SMILES string of the molecule is OC1(CNc2c(Cl)cc(Cl)c3nsnc23)CCCC1. The molecule has 0 aliphatic heterocycles. The summed E-state index contributed by atoms with van der Waals surface area (Å²) in [7, 11) is 0. The van der Waals surface area contributed by atoms with Gasteiger partial charge >= 0.3 is 0 Å². The van der Waals surface area contributed by atoms with E-state index in [1.54, 1.807) is 6.07 Å². The van der Waals surface area contributed by atoms with Gasteiger partial charge in [-0.1, -0.05) is 36.0 Å². The van der Waals surface area contributed by atoms with Crippen molar-refractivity contribution in [2.75, 3.05) is 11.9 Å². The van der Waals surface area contributed by atoms with E-state index in [0.717, 1.165) is 37.4 Å². The van der Waals surface area contributed by atoms with E-state index in [9.17, 15) is 5.11 Å². The van der Waals surface area contributed by atoms with E-state index in [2.05, 4.69) is 14.1 Å². The molecule has 0 bridgehead atoms. The number of nitrogens with zero attached hydrogens (tertiary/aromatic N) is 2. The van der Waals surface area contributed by atoms with E-state index < -0.39 is 5.60 Å². The number of hydrogen-bond acceptors (Lipinski definition) is 5. The van der Waals surface area contributed by atoms with E-state index in [-0.39, 0.29) is 0 Å². The maximum absolute atomic E-state index is 10.4. The lowest BCUT2D eigenvalue weighted by molar-refractivity contribution is 0.0615. The zero-order chi connectivity index (χ0) is 13.5. The van der Waals surface area contributed by atoms with Gasteiger partial charge in [0.15, 0.2) is 0 Å². The molecule has 0 unspecified atom stereocenters. The number of hydrogen-bond donors (Lipinski definition) is 2. The zero-order valence-electron chi connectivity index (χ0n) is 10.1. The molecule has 2 N–H and O–H groups in total. The van der Waals surface area contributed by atoms with Crippen LogP contribution in [0.1, 0.15) is 25.7 Å². The van der Waals surface area contributed by atoms with E-state index in [0.29, 0.717) is 33.3 Å². The van der Waals surface area contributed by atoms with Crippen molar-refractivity contribution in [3.8, 4) is 0 Å². The maximum Gasteiger partial charge on any atom is 0.130 e. The molecule has 0 amide bonds. The van der Waals surface area contributed by atoms with Crippen molar-refractivity contribution in [1.82, 2.24) is 8.75 Å². The van der Waals surface area contributed by atoms with Gasteiger partial charge in [0, 0.05) is 6.54 Å². The van der Waals surface area contributed by atoms with E-state index in [1.807, 2.05) is 0 Å². The van der Waals surface area contributed by atoms with Gasteiger partial charge in [-0.3, -0.25) is 0 Å². The fourth-order valence-corrected chi connectivity index (χ4v) is 3.68. The smallest absolute Gasteiger partial charge is 0.130 e. The quantitative estimate of drug-likeness (QED) is 0.906. The minimum Gasteiger partial charge on any atom is -0.388 e. The molecule has 1 saturated carbocycles. The van der Waals surface area contributed by atoms with Gasteiger partial charge in [0.25, 0.3) is 0 Å². The monoisotopic (exact) mass is 317 g/mol. The van der Waals surface area contributed by atoms with Gasteiger partial charge in [0.2, 0.25) is 0 Å². The normalized spacial score (nSPS) is 18.1. The Labute approximate surface area is 125 Å². The summed E-state index contributed by atoms with van der Waals surface area (Å²) in [5.74, 6) is 0. The van der Waals surface area contributed by atoms with Crippen LogP contribution in [0.5, 0.6) is 0 Å². The third-order valence-corrected chi connectivity index (χ3v) is 4.69. The highest BCUT2D eigenvalue weighted by Gasteiger charge is 2.31. The fraction of sp³-hybridized carbons (Fsp3) is 0.500. The number of rotatable bonds is 3. The Balaban J connectivity index is 1.90. The average Bonchev–Trinajstić information content (AvgIpc) is 2.98. The summed E-state index contributed by atoms with van der Waals surface area (Å²) in [5.41, 5.74) is 1.38. The predicted molar refractivity (Wildman–Crippen MR) is 79.3 cm³/mol. The average molecular weight is 318 g/mol. The summed E-state index contributed by atoms with van der Waals surface area (Å²) in [5, 5.41) is 14.6. The van der Waals surface area contributed by atoms with Crippen molar-refractivity contribution in [2.45, 2.75) is 31.3 Å². The van der Waals surface area contributed by atoms with Crippen LogP contribution < -0.4 is 5.32 Å². The third kappa shape index (κ3) is 2.52. The zero-order valence-corrected chi connectivity index (χ0v) is 12.4. The Morgan fingerprint density at radius 2 is 1.89 bits per heavy atom. The van der Waals surface area contributed by atoms with Crippen LogP contribution in [0.3, 0.4) is 0 Å². The standard InChI is InChI=1S/C12H13Cl2N3OS/c13-7-5-8(14)10-11(17-19-16-10)9(7)15-6-12(18)3-1-2-4-12/h5,15,18H,1-4,6H2. The van der Waals surface area contributed by atoms with E-state index >= 15 is 0 Å². The molecule has 3 rings (SSSR count). The highest BCUT2D eigenvalue weighted by Crippen LogP contribution is 2.36. The lowest BCUT2D eigenvalue weighted by atomic mass is 10.0. The molecule has 1 fully saturated rings. The van der Waals surface area contributed by atoms with Gasteiger partial charge in [-0.15, -0.1) is 0 Å². The third-order valence-electron chi connectivity index (χ3n) is 3.57. The second kappa shape index (κ2) is 5.05. The van der Waals surface area contributed by atoms with Crippen LogP contribution in [0.15, 0.2) is 6.07 Å². The molecule has 102 valence electrons. The molecule has 0 saturated heterocycles. The summed E-state index contributed by atoms with van der Waals surface area (Å²) in [4.78, 5) is 0. The van der Waals surface area contributed by atoms with Crippen molar-refractivity contribution in [1.29, 1.82) is 0 Å². The number of benzene rings is 1. The highest BCUT2D eigenvalue weighted by atomic mass is 35.5. The Morgan fingerprint density at radius 3 is 2.63 bits per heavy atom. The second-order valence-electron chi connectivity index (χ2n) is 4.96. The van der Waals surface area contributed by atoms with Crippen molar-refractivity contribution >= 4 is 51.7 Å². The molecule has 2 aromatic rings. The molecule has 7 heteroatoms. The molecule has 1 aliphatic rings. The van der Waals surface area contributed by atoms with Crippen LogP contribution in [-0.4, -0.2) is 26.0 Å². The Hall–Kier alpha value is -0.620. The Morgan fingerprint density at radius 1 is 1.21 bits per heavy atom. The summed E-state index contributed by atoms with van der Waals surface area (Å²) in [6, 6.07) is 1.66. The highest BCUT2D eigenvalue weighted by molar-refractivity contribution is 7.00. The molecular formula is C12H13Cl2N3OS. The van der Waals surface area contributed by atoms with Gasteiger partial charge < -0.3 is 10.4 Å². The van der Waals surface area contributed by atoms with Crippen LogP contribution in [0.25, 0.3) is 11.0 Å². The molecule has 19 heavy (non-hydrogen) atoms. The van der Waals surface area contributed by atoms with Gasteiger partial charge in [-0.25, -0.2) is 0 Å². The molecule has 0 spiro atoms. The van der Waals surface area contributed by atoms with Crippen LogP contribution in [0.2, 0.25) is 10.0 Å². The van der Waals surface area contributed by atoms with Gasteiger partial charge in [0.1, 0.15) is 11.0 Å². The first-order valence-electron chi connectivity index (χ1n) is 6.16. The molecule has 1 aliphatic carbocycles. The predicted octanol–water partition coefficient (Wildman–Crippen LogP) is 3.72. The number of anilines is 1. The first-order valence-corrected chi connectivity index (χ1v) is 7.64. The van der Waals surface area contributed by atoms with Gasteiger partial charge in [0.05, 0.1) is 33.1 Å². The number of aliphatic hydroxyl groups is 1. The minimum absolute atomic E-state index is 0.473. The number of aromatic nitrogens is 2. The first kappa shape index (κ1) is 13.4. The van der Waals surface area contributed by atoms with Crippen molar-refractivity contribution in [2.24, 2.45) is 0 Å². The first-order chi connectivity index (χ1) is 9.09. The lowest BCUT2D eigenvalue weighted by Crippen LogP contribution is -2.33. The molecule has 1 aromatic heterocycles. The summed E-state index contributed by atoms with van der Waals surface area (Å²) < 4.78 is 8.38. The number of fused-ring (bicyclic) bond motifs is 1. The summed E-state index contributed by atoms with van der Waals surface area (Å²) in [6.45, 7) is 0.473. The maximum atomic E-state index is 10.4. The van der Waals surface area contributed by atoms with Gasteiger partial charge in [-0.05, 0) is 18.9 Å². The molecular weight excluding hydrogens is 305 g/mol. The van der Waals surface area contributed by atoms with Crippen LogP contribution in [0.4, 0.5) is 5.69 Å². The molecule has 4 nitrogen and oxygen atoms in total. The Kier molecular flexibility index (Phi) is 3.55. The van der Waals surface area contributed by atoms with Crippen LogP contribution >= 0.6 is 34.9 Å². The molecule has 0 atom stereocenters. The van der Waals surface area contributed by atoms with Crippen molar-refractivity contribution in [3.63, 3.8) is 0 Å². The van der Waals surface area contributed by atoms with Crippen molar-refractivity contribution in [3.05, 3.63) is 16.1 Å². The Bertz CT molecular complexity index is 610. The second-order valence-corrected chi connectivity index (χ2v) is 6.30. The van der Waals surface area contributed by atoms with Crippen LogP contribution in [-0.2, 0) is 0 Å². The number of nitrogens with one attached hydrogen (secondary N) is 1. The van der Waals surface area contributed by atoms with E-state index in [1.165, 1.54) is 0 Å². The van der Waals surface area contributed by atoms with Gasteiger partial charge in [-0.2, -0.15) is 8.75 Å². The summed E-state index contributed by atoms with van der Waals surface area (Å²) >= 11 is 13.4. The minimum atomic E-state index is -0.640. The number of halogens is 2. The van der Waals surface area contributed by atoms with Crippen LogP contribution in [0, 0.1) is 0 Å². The molecule has 1 heterocycles. The molecule has 1 aromatic carbocycles. The molecule has 0 radical (unpaired) electrons. The van der Waals surface area contributed by atoms with E-state index in [4.69, 9.17) is 23.2 Å². The largest absolute Gasteiger partial charge is 0.388 e. The fourth-order valence-electron chi connectivity index (χ4n) is 2.51. The summed E-state index contributed by atoms with van der Waals surface area (Å²) in [6.07, 6.45) is 3.79. The van der Waals surface area contributed by atoms with Crippen molar-refractivity contribution < 1.29 is 5.11 Å². The lowest BCUT2D eigenvalue weighted by Gasteiger charge is -2.23. The topological polar surface area (TPSA) is 58.0 Å².